The zero-order chi connectivity index (χ0) is 27.9. The minimum absolute atomic E-state index is 0.0856. The standard InChI is InChI=1S/C32H36N2O5/c1-5-38-26-14-10-24(11-15-26)29-28(31(36)32(37)34(29)19-7-18-33(3)4)30(35)25-12-16-27(17-13-25)39-21-23-9-6-8-22(2)20-23/h6,8-17,20,29,35H,5,7,18-19,21H2,1-4H3/b30-28+. The summed E-state index contributed by atoms with van der Waals surface area (Å²) >= 11 is 0. The van der Waals surface area contributed by atoms with Crippen molar-refractivity contribution >= 4 is 17.4 Å². The number of carbonyl (C=O) groups is 2. The molecular weight excluding hydrogens is 492 g/mol. The molecule has 7 heteroatoms. The monoisotopic (exact) mass is 528 g/mol. The van der Waals surface area contributed by atoms with Crippen molar-refractivity contribution in [2.75, 3.05) is 33.8 Å². The fraction of sp³-hybridized carbons (Fsp3) is 0.312. The summed E-state index contributed by atoms with van der Waals surface area (Å²) in [6.45, 7) is 6.06. The number of aliphatic hydroxyl groups is 1. The van der Waals surface area contributed by atoms with Crippen LogP contribution in [-0.4, -0.2) is 60.4 Å². The van der Waals surface area contributed by atoms with Crippen molar-refractivity contribution in [1.82, 2.24) is 9.80 Å². The van der Waals surface area contributed by atoms with E-state index in [1.807, 2.05) is 75.3 Å². The first-order valence-corrected chi connectivity index (χ1v) is 13.2. The smallest absolute Gasteiger partial charge is 0.295 e. The van der Waals surface area contributed by atoms with Gasteiger partial charge in [-0.15, -0.1) is 0 Å². The van der Waals surface area contributed by atoms with Crippen molar-refractivity contribution in [2.45, 2.75) is 32.9 Å². The summed E-state index contributed by atoms with van der Waals surface area (Å²) in [5, 5.41) is 11.3. The van der Waals surface area contributed by atoms with Gasteiger partial charge in [-0.2, -0.15) is 0 Å². The Balaban J connectivity index is 1.63. The molecule has 0 spiro atoms. The molecule has 0 aliphatic carbocycles. The molecule has 1 unspecified atom stereocenters. The molecule has 1 aliphatic rings. The molecule has 1 atom stereocenters. The van der Waals surface area contributed by atoms with Crippen LogP contribution in [-0.2, 0) is 16.2 Å². The molecule has 7 nitrogen and oxygen atoms in total. The predicted molar refractivity (Wildman–Crippen MR) is 152 cm³/mol. The lowest BCUT2D eigenvalue weighted by molar-refractivity contribution is -0.139. The lowest BCUT2D eigenvalue weighted by Crippen LogP contribution is -2.32. The number of aryl methyl sites for hydroxylation is 1. The summed E-state index contributed by atoms with van der Waals surface area (Å²) in [6.07, 6.45) is 0.695. The molecule has 3 aromatic rings. The Bertz CT molecular complexity index is 1330. The molecular formula is C32H36N2O5. The number of likely N-dealkylation sites (tertiary alicyclic amines) is 1. The van der Waals surface area contributed by atoms with Crippen molar-refractivity contribution in [3.05, 3.63) is 101 Å². The van der Waals surface area contributed by atoms with E-state index in [-0.39, 0.29) is 11.3 Å². The summed E-state index contributed by atoms with van der Waals surface area (Å²) < 4.78 is 11.5. The molecule has 39 heavy (non-hydrogen) atoms. The number of hydrogen-bond donors (Lipinski definition) is 1. The van der Waals surface area contributed by atoms with Crippen LogP contribution < -0.4 is 9.47 Å². The zero-order valence-electron chi connectivity index (χ0n) is 23.0. The topological polar surface area (TPSA) is 79.3 Å². The van der Waals surface area contributed by atoms with Crippen LogP contribution in [0.4, 0.5) is 0 Å². The number of aliphatic hydroxyl groups excluding tert-OH is 1. The molecule has 4 rings (SSSR count). The second-order valence-corrected chi connectivity index (χ2v) is 9.95. The normalized spacial score (nSPS) is 16.6. The molecule has 1 saturated heterocycles. The highest BCUT2D eigenvalue weighted by atomic mass is 16.5. The number of rotatable bonds is 11. The molecule has 1 heterocycles. The van der Waals surface area contributed by atoms with Crippen LogP contribution in [0.5, 0.6) is 11.5 Å². The first-order valence-electron chi connectivity index (χ1n) is 13.2. The maximum atomic E-state index is 13.3. The molecule has 0 bridgehead atoms. The van der Waals surface area contributed by atoms with Crippen molar-refractivity contribution in [2.24, 2.45) is 0 Å². The highest BCUT2D eigenvalue weighted by molar-refractivity contribution is 6.46. The van der Waals surface area contributed by atoms with Crippen molar-refractivity contribution in [3.8, 4) is 11.5 Å². The molecule has 204 valence electrons. The van der Waals surface area contributed by atoms with Crippen molar-refractivity contribution in [3.63, 3.8) is 0 Å². The number of hydrogen-bond acceptors (Lipinski definition) is 6. The number of ketones is 1. The Morgan fingerprint density at radius 1 is 0.949 bits per heavy atom. The number of ether oxygens (including phenoxy) is 2. The average Bonchev–Trinajstić information content (AvgIpc) is 3.17. The van der Waals surface area contributed by atoms with Gasteiger partial charge in [0.25, 0.3) is 11.7 Å². The Morgan fingerprint density at radius 2 is 1.62 bits per heavy atom. The van der Waals surface area contributed by atoms with Crippen molar-refractivity contribution < 1.29 is 24.2 Å². The molecule has 0 saturated carbocycles. The quantitative estimate of drug-likeness (QED) is 0.205. The van der Waals surface area contributed by atoms with Gasteiger partial charge in [-0.1, -0.05) is 42.0 Å². The van der Waals surface area contributed by atoms with Gasteiger partial charge in [-0.25, -0.2) is 0 Å². The van der Waals surface area contributed by atoms with E-state index in [2.05, 4.69) is 6.07 Å². The number of nitrogens with zero attached hydrogens (tertiary/aromatic N) is 2. The van der Waals surface area contributed by atoms with Gasteiger partial charge >= 0.3 is 0 Å². The lowest BCUT2D eigenvalue weighted by atomic mass is 9.95. The Kier molecular flexibility index (Phi) is 9.04. The number of Topliss-reactive ketones (excluding diaryl/α,β-unsaturated/α-hetero) is 1. The minimum atomic E-state index is -0.694. The highest BCUT2D eigenvalue weighted by Gasteiger charge is 2.45. The van der Waals surface area contributed by atoms with Gasteiger partial charge in [0.2, 0.25) is 0 Å². The number of amides is 1. The van der Waals surface area contributed by atoms with Crippen LogP contribution in [0.25, 0.3) is 5.76 Å². The SMILES string of the molecule is CCOc1ccc(C2/C(=C(\O)c3ccc(OCc4cccc(C)c4)cc3)C(=O)C(=O)N2CCCN(C)C)cc1. The fourth-order valence-electron chi connectivity index (χ4n) is 4.76. The van der Waals surface area contributed by atoms with Crippen LogP contribution >= 0.6 is 0 Å². The van der Waals surface area contributed by atoms with E-state index in [4.69, 9.17) is 9.47 Å². The van der Waals surface area contributed by atoms with Gasteiger partial charge in [0.15, 0.2) is 0 Å². The van der Waals surface area contributed by atoms with Gasteiger partial charge in [0.05, 0.1) is 18.2 Å². The van der Waals surface area contributed by atoms with E-state index in [1.165, 1.54) is 0 Å². The maximum Gasteiger partial charge on any atom is 0.295 e. The van der Waals surface area contributed by atoms with Gasteiger partial charge in [-0.05, 0) is 88.4 Å². The van der Waals surface area contributed by atoms with E-state index >= 15 is 0 Å². The molecule has 1 amide bonds. The zero-order valence-corrected chi connectivity index (χ0v) is 23.0. The van der Waals surface area contributed by atoms with E-state index < -0.39 is 17.7 Å². The summed E-state index contributed by atoms with van der Waals surface area (Å²) in [6, 6.07) is 21.6. The summed E-state index contributed by atoms with van der Waals surface area (Å²) in [4.78, 5) is 30.0. The Morgan fingerprint density at radius 3 is 2.26 bits per heavy atom. The lowest BCUT2D eigenvalue weighted by Gasteiger charge is -2.26. The maximum absolute atomic E-state index is 13.3. The van der Waals surface area contributed by atoms with Crippen LogP contribution in [0.3, 0.4) is 0 Å². The van der Waals surface area contributed by atoms with Crippen LogP contribution in [0, 0.1) is 6.92 Å². The average molecular weight is 529 g/mol. The molecule has 3 aromatic carbocycles. The molecule has 0 radical (unpaired) electrons. The van der Waals surface area contributed by atoms with Crippen LogP contribution in [0.15, 0.2) is 78.4 Å². The van der Waals surface area contributed by atoms with Crippen LogP contribution in [0.2, 0.25) is 0 Å². The first-order chi connectivity index (χ1) is 18.8. The van der Waals surface area contributed by atoms with E-state index in [0.717, 1.165) is 23.2 Å². The third-order valence-corrected chi connectivity index (χ3v) is 6.67. The summed E-state index contributed by atoms with van der Waals surface area (Å²) in [5.41, 5.74) is 3.49. The predicted octanol–water partition coefficient (Wildman–Crippen LogP) is 5.35. The van der Waals surface area contributed by atoms with E-state index in [1.54, 1.807) is 29.2 Å². The van der Waals surface area contributed by atoms with E-state index in [9.17, 15) is 14.7 Å². The third-order valence-electron chi connectivity index (χ3n) is 6.67. The Hall–Kier alpha value is -4.10. The van der Waals surface area contributed by atoms with Gasteiger partial charge in [0, 0.05) is 12.1 Å². The summed E-state index contributed by atoms with van der Waals surface area (Å²) in [5.74, 6) is -0.150. The van der Waals surface area contributed by atoms with Crippen LogP contribution in [0.1, 0.15) is 41.6 Å². The molecule has 1 N–H and O–H groups in total. The first kappa shape index (κ1) is 27.9. The van der Waals surface area contributed by atoms with Crippen molar-refractivity contribution in [1.29, 1.82) is 0 Å². The third kappa shape index (κ3) is 6.67. The highest BCUT2D eigenvalue weighted by Crippen LogP contribution is 2.40. The number of benzene rings is 3. The fourth-order valence-corrected chi connectivity index (χ4v) is 4.76. The largest absolute Gasteiger partial charge is 0.507 e. The molecule has 1 fully saturated rings. The second kappa shape index (κ2) is 12.6. The van der Waals surface area contributed by atoms with Gasteiger partial charge < -0.3 is 24.4 Å². The molecule has 1 aliphatic heterocycles. The second-order valence-electron chi connectivity index (χ2n) is 9.95. The number of carbonyl (C=O) groups excluding carboxylic acids is 2. The Labute approximate surface area is 230 Å². The van der Waals surface area contributed by atoms with Gasteiger partial charge in [-0.3, -0.25) is 9.59 Å². The van der Waals surface area contributed by atoms with E-state index in [0.29, 0.717) is 43.2 Å². The minimum Gasteiger partial charge on any atom is -0.507 e. The molecule has 0 aromatic heterocycles. The summed E-state index contributed by atoms with van der Waals surface area (Å²) in [7, 11) is 3.93. The van der Waals surface area contributed by atoms with Gasteiger partial charge in [0.1, 0.15) is 23.9 Å².